The fourth-order valence-electron chi connectivity index (χ4n) is 5.03. The Kier molecular flexibility index (Phi) is 8.19. The molecular formula is C27H35FN2O4. The van der Waals surface area contributed by atoms with Crippen LogP contribution < -0.4 is 10.1 Å². The van der Waals surface area contributed by atoms with Gasteiger partial charge in [0.25, 0.3) is 5.91 Å². The predicted molar refractivity (Wildman–Crippen MR) is 129 cm³/mol. The van der Waals surface area contributed by atoms with Gasteiger partial charge in [0.05, 0.1) is 13.7 Å². The van der Waals surface area contributed by atoms with Crippen molar-refractivity contribution in [1.29, 1.82) is 0 Å². The second kappa shape index (κ2) is 11.3. The van der Waals surface area contributed by atoms with E-state index in [1.807, 2.05) is 24.3 Å². The van der Waals surface area contributed by atoms with E-state index in [0.717, 1.165) is 50.2 Å². The maximum Gasteiger partial charge on any atom is 0.252 e. The zero-order valence-corrected chi connectivity index (χ0v) is 20.1. The van der Waals surface area contributed by atoms with Gasteiger partial charge in [-0.2, -0.15) is 0 Å². The minimum atomic E-state index is -0.827. The number of methoxy groups -OCH3 is 2. The highest BCUT2D eigenvalue weighted by atomic mass is 19.1. The number of hydrogen-bond acceptors (Lipinski definition) is 5. The summed E-state index contributed by atoms with van der Waals surface area (Å²) in [6, 6.07) is 12.4. The second-order valence-corrected chi connectivity index (χ2v) is 9.32. The van der Waals surface area contributed by atoms with E-state index in [1.54, 1.807) is 20.3 Å². The van der Waals surface area contributed by atoms with Gasteiger partial charge in [-0.3, -0.25) is 4.79 Å². The number of halogens is 1. The third-order valence-corrected chi connectivity index (χ3v) is 6.97. The highest BCUT2D eigenvalue weighted by Crippen LogP contribution is 2.33. The van der Waals surface area contributed by atoms with Crippen molar-refractivity contribution in [3.63, 3.8) is 0 Å². The molecule has 6 nitrogen and oxygen atoms in total. The quantitative estimate of drug-likeness (QED) is 0.574. The van der Waals surface area contributed by atoms with E-state index in [0.29, 0.717) is 43.2 Å². The SMILES string of the molecule is COCCN1CC[C@@H](CNC(=O)[C@]2(Cc3ccc(-c4cc(F)ccc4OC)cc3)CCCO2)C1. The Hall–Kier alpha value is -2.48. The van der Waals surface area contributed by atoms with Gasteiger partial charge in [-0.05, 0) is 61.1 Å². The van der Waals surface area contributed by atoms with Gasteiger partial charge < -0.3 is 24.4 Å². The van der Waals surface area contributed by atoms with Gasteiger partial charge in [0.1, 0.15) is 11.6 Å². The molecule has 7 heteroatoms. The van der Waals surface area contributed by atoms with Crippen molar-refractivity contribution in [1.82, 2.24) is 10.2 Å². The Morgan fingerprint density at radius 2 is 2.06 bits per heavy atom. The lowest BCUT2D eigenvalue weighted by Crippen LogP contribution is -2.49. The van der Waals surface area contributed by atoms with Crippen LogP contribution in [0, 0.1) is 11.7 Å². The lowest BCUT2D eigenvalue weighted by molar-refractivity contribution is -0.141. The number of nitrogens with one attached hydrogen (secondary N) is 1. The van der Waals surface area contributed by atoms with Crippen LogP contribution in [0.3, 0.4) is 0 Å². The minimum absolute atomic E-state index is 0.0174. The second-order valence-electron chi connectivity index (χ2n) is 9.32. The molecule has 34 heavy (non-hydrogen) atoms. The molecule has 2 saturated heterocycles. The van der Waals surface area contributed by atoms with Crippen LogP contribution in [0.4, 0.5) is 4.39 Å². The Morgan fingerprint density at radius 1 is 1.24 bits per heavy atom. The smallest absolute Gasteiger partial charge is 0.252 e. The molecule has 2 aromatic carbocycles. The van der Waals surface area contributed by atoms with E-state index in [9.17, 15) is 9.18 Å². The average Bonchev–Trinajstić information content (AvgIpc) is 3.52. The van der Waals surface area contributed by atoms with E-state index in [2.05, 4.69) is 10.2 Å². The zero-order valence-electron chi connectivity index (χ0n) is 20.1. The monoisotopic (exact) mass is 470 g/mol. The fourth-order valence-corrected chi connectivity index (χ4v) is 5.03. The minimum Gasteiger partial charge on any atom is -0.496 e. The molecule has 4 rings (SSSR count). The molecule has 0 aromatic heterocycles. The first-order valence-corrected chi connectivity index (χ1v) is 12.1. The van der Waals surface area contributed by atoms with Crippen LogP contribution in [0.5, 0.6) is 5.75 Å². The van der Waals surface area contributed by atoms with Crippen molar-refractivity contribution >= 4 is 5.91 Å². The topological polar surface area (TPSA) is 60.0 Å². The van der Waals surface area contributed by atoms with Crippen molar-refractivity contribution in [2.45, 2.75) is 31.3 Å². The van der Waals surface area contributed by atoms with Crippen molar-refractivity contribution in [3.8, 4) is 16.9 Å². The summed E-state index contributed by atoms with van der Waals surface area (Å²) < 4.78 is 30.4. The molecule has 0 aliphatic carbocycles. The van der Waals surface area contributed by atoms with Crippen LogP contribution in [-0.2, 0) is 20.7 Å². The third-order valence-electron chi connectivity index (χ3n) is 6.97. The number of ether oxygens (including phenoxy) is 3. The number of hydrogen-bond donors (Lipinski definition) is 1. The maximum absolute atomic E-state index is 13.8. The van der Waals surface area contributed by atoms with Crippen LogP contribution in [0.25, 0.3) is 11.1 Å². The van der Waals surface area contributed by atoms with Gasteiger partial charge in [0.2, 0.25) is 0 Å². The molecule has 0 bridgehead atoms. The number of likely N-dealkylation sites (tertiary alicyclic amines) is 1. The Bertz CT molecular complexity index is 960. The van der Waals surface area contributed by atoms with Crippen molar-refractivity contribution in [3.05, 3.63) is 53.8 Å². The number of carbonyl (C=O) groups is 1. The third kappa shape index (κ3) is 5.77. The summed E-state index contributed by atoms with van der Waals surface area (Å²) >= 11 is 0. The molecule has 0 spiro atoms. The normalized spacial score (nSPS) is 22.7. The van der Waals surface area contributed by atoms with E-state index in [4.69, 9.17) is 14.2 Å². The van der Waals surface area contributed by atoms with E-state index in [-0.39, 0.29) is 11.7 Å². The number of rotatable bonds is 10. The number of amides is 1. The summed E-state index contributed by atoms with van der Waals surface area (Å²) in [6.45, 7) is 4.98. The van der Waals surface area contributed by atoms with E-state index >= 15 is 0 Å². The summed E-state index contributed by atoms with van der Waals surface area (Å²) in [5.41, 5.74) is 1.76. The highest BCUT2D eigenvalue weighted by Gasteiger charge is 2.43. The largest absolute Gasteiger partial charge is 0.496 e. The summed E-state index contributed by atoms with van der Waals surface area (Å²) in [5, 5.41) is 3.18. The lowest BCUT2D eigenvalue weighted by Gasteiger charge is -2.28. The summed E-state index contributed by atoms with van der Waals surface area (Å²) in [6.07, 6.45) is 3.19. The first kappa shape index (κ1) is 24.6. The fraction of sp³-hybridized carbons (Fsp3) is 0.519. The van der Waals surface area contributed by atoms with Gasteiger partial charge >= 0.3 is 0 Å². The van der Waals surface area contributed by atoms with Crippen LogP contribution in [0.1, 0.15) is 24.8 Å². The van der Waals surface area contributed by atoms with Crippen molar-refractivity contribution < 1.29 is 23.4 Å². The molecule has 2 fully saturated rings. The summed E-state index contributed by atoms with van der Waals surface area (Å²) in [7, 11) is 3.30. The Balaban J connectivity index is 1.39. The Labute approximate surface area is 201 Å². The van der Waals surface area contributed by atoms with Crippen LogP contribution in [-0.4, -0.2) is 70.0 Å². The van der Waals surface area contributed by atoms with Gasteiger partial charge in [0.15, 0.2) is 5.60 Å². The molecule has 184 valence electrons. The molecule has 2 heterocycles. The van der Waals surface area contributed by atoms with Crippen LogP contribution in [0.15, 0.2) is 42.5 Å². The molecule has 2 aliphatic rings. The van der Waals surface area contributed by atoms with E-state index < -0.39 is 5.60 Å². The van der Waals surface area contributed by atoms with Crippen molar-refractivity contribution in [2.75, 3.05) is 53.6 Å². The van der Waals surface area contributed by atoms with Gasteiger partial charge in [-0.15, -0.1) is 0 Å². The maximum atomic E-state index is 13.8. The van der Waals surface area contributed by atoms with Crippen LogP contribution >= 0.6 is 0 Å². The summed E-state index contributed by atoms with van der Waals surface area (Å²) in [5.74, 6) is 0.756. The molecule has 1 N–H and O–H groups in total. The number of carbonyl (C=O) groups excluding carboxylic acids is 1. The lowest BCUT2D eigenvalue weighted by atomic mass is 9.89. The summed E-state index contributed by atoms with van der Waals surface area (Å²) in [4.78, 5) is 15.6. The average molecular weight is 471 g/mol. The molecule has 0 radical (unpaired) electrons. The number of benzene rings is 2. The first-order chi connectivity index (χ1) is 16.5. The van der Waals surface area contributed by atoms with Gasteiger partial charge in [-0.25, -0.2) is 4.39 Å². The predicted octanol–water partition coefficient (Wildman–Crippen LogP) is 3.68. The molecule has 1 amide bonds. The molecule has 2 aliphatic heterocycles. The van der Waals surface area contributed by atoms with E-state index in [1.165, 1.54) is 12.1 Å². The molecular weight excluding hydrogens is 435 g/mol. The highest BCUT2D eigenvalue weighted by molar-refractivity contribution is 5.86. The number of nitrogens with zero attached hydrogens (tertiary/aromatic N) is 1. The Morgan fingerprint density at radius 3 is 2.76 bits per heavy atom. The van der Waals surface area contributed by atoms with Crippen LogP contribution in [0.2, 0.25) is 0 Å². The molecule has 2 aromatic rings. The zero-order chi connectivity index (χ0) is 24.0. The molecule has 0 saturated carbocycles. The molecule has 0 unspecified atom stereocenters. The van der Waals surface area contributed by atoms with Gasteiger partial charge in [0, 0.05) is 45.3 Å². The van der Waals surface area contributed by atoms with Gasteiger partial charge in [-0.1, -0.05) is 24.3 Å². The standard InChI is InChI=1S/C27H35FN2O4/c1-32-15-13-30-12-10-21(19-30)18-29-26(31)27(11-3-14-34-27)17-20-4-6-22(7-5-20)24-16-23(28)8-9-25(24)33-2/h4-9,16,21H,3,10-15,17-19H2,1-2H3,(H,29,31)/t21-,27+/m0/s1. The molecule has 2 atom stereocenters. The first-order valence-electron chi connectivity index (χ1n) is 12.1. The van der Waals surface area contributed by atoms with Crippen molar-refractivity contribution in [2.24, 2.45) is 5.92 Å².